The van der Waals surface area contributed by atoms with Crippen LogP contribution in [0.25, 0.3) is 0 Å². The van der Waals surface area contributed by atoms with Crippen LogP contribution in [-0.4, -0.2) is 25.2 Å². The molecule has 0 saturated carbocycles. The number of hydrogen-bond donors (Lipinski definition) is 0. The lowest BCUT2D eigenvalue weighted by Crippen LogP contribution is -2.14. The Labute approximate surface area is 111 Å². The summed E-state index contributed by atoms with van der Waals surface area (Å²) in [5.41, 5.74) is 0. The molecule has 0 saturated heterocycles. The first-order valence-corrected chi connectivity index (χ1v) is 6.85. The van der Waals surface area contributed by atoms with Crippen LogP contribution in [0.4, 0.5) is 0 Å². The first kappa shape index (κ1) is 19.3. The summed E-state index contributed by atoms with van der Waals surface area (Å²) in [4.78, 5) is 21.3. The van der Waals surface area contributed by atoms with Gasteiger partial charge in [0.25, 0.3) is 0 Å². The van der Waals surface area contributed by atoms with Crippen molar-refractivity contribution in [1.29, 1.82) is 0 Å². The van der Waals surface area contributed by atoms with E-state index in [-0.39, 0.29) is 17.9 Å². The Morgan fingerprint density at radius 2 is 1.50 bits per heavy atom. The van der Waals surface area contributed by atoms with Gasteiger partial charge in [-0.3, -0.25) is 9.59 Å². The Balaban J connectivity index is 0. The quantitative estimate of drug-likeness (QED) is 0.659. The Bertz CT molecular complexity index is 206. The fraction of sp³-hybridized carbons (Fsp3) is 0.857. The van der Waals surface area contributed by atoms with Gasteiger partial charge in [-0.1, -0.05) is 27.2 Å². The minimum Gasteiger partial charge on any atom is -0.466 e. The molecule has 0 aromatic rings. The molecule has 1 unspecified atom stereocenters. The van der Waals surface area contributed by atoms with Gasteiger partial charge in [0.2, 0.25) is 0 Å². The first-order chi connectivity index (χ1) is 8.53. The lowest BCUT2D eigenvalue weighted by molar-refractivity contribution is -0.147. The van der Waals surface area contributed by atoms with Gasteiger partial charge < -0.3 is 9.47 Å². The number of rotatable bonds is 7. The second-order valence-electron chi connectivity index (χ2n) is 4.00. The van der Waals surface area contributed by atoms with Crippen molar-refractivity contribution in [3.8, 4) is 0 Å². The molecule has 0 aliphatic carbocycles. The van der Waals surface area contributed by atoms with E-state index in [4.69, 9.17) is 4.74 Å². The molecule has 18 heavy (non-hydrogen) atoms. The van der Waals surface area contributed by atoms with E-state index in [1.54, 1.807) is 0 Å². The average Bonchev–Trinajstić information content (AvgIpc) is 2.31. The molecule has 0 fully saturated rings. The maximum atomic E-state index is 10.9. The fourth-order valence-corrected chi connectivity index (χ4v) is 1.27. The first-order valence-electron chi connectivity index (χ1n) is 6.85. The van der Waals surface area contributed by atoms with Crippen molar-refractivity contribution in [1.82, 2.24) is 0 Å². The van der Waals surface area contributed by atoms with E-state index < -0.39 is 0 Å². The smallest absolute Gasteiger partial charge is 0.308 e. The van der Waals surface area contributed by atoms with Crippen LogP contribution in [0.5, 0.6) is 0 Å². The summed E-state index contributed by atoms with van der Waals surface area (Å²) in [5, 5.41) is 0. The van der Waals surface area contributed by atoms with Crippen molar-refractivity contribution in [3.63, 3.8) is 0 Å². The minimum absolute atomic E-state index is 0.0654. The van der Waals surface area contributed by atoms with Crippen molar-refractivity contribution >= 4 is 11.9 Å². The molecule has 0 aromatic carbocycles. The van der Waals surface area contributed by atoms with Crippen LogP contribution in [0.3, 0.4) is 0 Å². The van der Waals surface area contributed by atoms with Crippen LogP contribution >= 0.6 is 0 Å². The highest BCUT2D eigenvalue weighted by atomic mass is 16.5. The van der Waals surface area contributed by atoms with Gasteiger partial charge in [-0.2, -0.15) is 0 Å². The van der Waals surface area contributed by atoms with E-state index >= 15 is 0 Å². The molecule has 108 valence electrons. The van der Waals surface area contributed by atoms with E-state index in [0.717, 1.165) is 19.3 Å². The molecule has 0 radical (unpaired) electrons. The van der Waals surface area contributed by atoms with Crippen LogP contribution in [0.2, 0.25) is 0 Å². The molecule has 0 heterocycles. The number of hydrogen-bond acceptors (Lipinski definition) is 4. The van der Waals surface area contributed by atoms with Crippen LogP contribution in [-0.2, 0) is 19.1 Å². The van der Waals surface area contributed by atoms with E-state index in [9.17, 15) is 9.59 Å². The van der Waals surface area contributed by atoms with E-state index in [1.165, 1.54) is 0 Å². The largest absolute Gasteiger partial charge is 0.466 e. The van der Waals surface area contributed by atoms with Crippen molar-refractivity contribution in [2.24, 2.45) is 5.92 Å². The summed E-state index contributed by atoms with van der Waals surface area (Å²) in [6, 6.07) is 0. The Hall–Kier alpha value is -1.06. The van der Waals surface area contributed by atoms with Crippen molar-refractivity contribution in [2.75, 3.05) is 13.2 Å². The predicted molar refractivity (Wildman–Crippen MR) is 72.2 cm³/mol. The summed E-state index contributed by atoms with van der Waals surface area (Å²) in [6.07, 6.45) is 3.39. The lowest BCUT2D eigenvalue weighted by atomic mass is 10.1. The fourth-order valence-electron chi connectivity index (χ4n) is 1.27. The zero-order valence-corrected chi connectivity index (χ0v) is 12.5. The topological polar surface area (TPSA) is 52.6 Å². The van der Waals surface area contributed by atoms with Gasteiger partial charge >= 0.3 is 11.9 Å². The van der Waals surface area contributed by atoms with Gasteiger partial charge in [0.05, 0.1) is 19.1 Å². The van der Waals surface area contributed by atoms with Gasteiger partial charge in [0.1, 0.15) is 0 Å². The lowest BCUT2D eigenvalue weighted by Gasteiger charge is -2.07. The predicted octanol–water partition coefficient (Wildman–Crippen LogP) is 3.34. The number of esters is 2. The van der Waals surface area contributed by atoms with Crippen molar-refractivity contribution < 1.29 is 19.1 Å². The van der Waals surface area contributed by atoms with Crippen molar-refractivity contribution in [3.05, 3.63) is 0 Å². The van der Waals surface area contributed by atoms with Gasteiger partial charge in [-0.05, 0) is 26.7 Å². The normalized spacial score (nSPS) is 10.9. The summed E-state index contributed by atoms with van der Waals surface area (Å²) < 4.78 is 9.46. The molecule has 4 nitrogen and oxygen atoms in total. The maximum absolute atomic E-state index is 10.9. The summed E-state index contributed by atoms with van der Waals surface area (Å²) in [5.74, 6) is -0.0794. The average molecular weight is 260 g/mol. The third kappa shape index (κ3) is 13.0. The maximum Gasteiger partial charge on any atom is 0.308 e. The second-order valence-corrected chi connectivity index (χ2v) is 4.00. The molecule has 0 spiro atoms. The number of carbonyl (C=O) groups is 2. The van der Waals surface area contributed by atoms with Crippen molar-refractivity contribution in [2.45, 2.75) is 60.3 Å². The molecular weight excluding hydrogens is 232 g/mol. The second kappa shape index (κ2) is 14.0. The Morgan fingerprint density at radius 3 is 1.89 bits per heavy atom. The molecule has 1 atom stereocenters. The van der Waals surface area contributed by atoms with Crippen LogP contribution < -0.4 is 0 Å². The van der Waals surface area contributed by atoms with Gasteiger partial charge in [-0.15, -0.1) is 0 Å². The molecule has 0 N–H and O–H groups in total. The summed E-state index contributed by atoms with van der Waals surface area (Å²) in [6.45, 7) is 10.6. The van der Waals surface area contributed by atoms with Gasteiger partial charge in [0, 0.05) is 6.42 Å². The molecule has 0 aliphatic rings. The standard InChI is InChI=1S/C8H16O2.C6H12O2/c1-4-6-7(3)8(9)10-5-2;1-3-5-6(7)8-4-2/h7H,4-6H2,1-3H3;3-5H2,1-2H3. The highest BCUT2D eigenvalue weighted by molar-refractivity contribution is 5.71. The Morgan fingerprint density at radius 1 is 0.944 bits per heavy atom. The monoisotopic (exact) mass is 260 g/mol. The SMILES string of the molecule is CCCC(=O)OCC.CCCC(C)C(=O)OCC. The molecule has 0 rings (SSSR count). The molecular formula is C14H28O4. The number of ether oxygens (including phenoxy) is 2. The molecule has 0 aliphatic heterocycles. The zero-order valence-electron chi connectivity index (χ0n) is 12.5. The Kier molecular flexibility index (Phi) is 15.0. The summed E-state index contributed by atoms with van der Waals surface area (Å²) in [7, 11) is 0. The van der Waals surface area contributed by atoms with Gasteiger partial charge in [0.15, 0.2) is 0 Å². The van der Waals surface area contributed by atoms with Crippen LogP contribution in [0, 0.1) is 5.92 Å². The minimum atomic E-state index is -0.0880. The highest BCUT2D eigenvalue weighted by Crippen LogP contribution is 2.06. The van der Waals surface area contributed by atoms with E-state index in [0.29, 0.717) is 19.6 Å². The van der Waals surface area contributed by atoms with Gasteiger partial charge in [-0.25, -0.2) is 0 Å². The highest BCUT2D eigenvalue weighted by Gasteiger charge is 2.11. The molecule has 0 amide bonds. The van der Waals surface area contributed by atoms with E-state index in [1.807, 2.05) is 27.7 Å². The third-order valence-corrected chi connectivity index (χ3v) is 2.17. The number of carbonyl (C=O) groups excluding carboxylic acids is 2. The van der Waals surface area contributed by atoms with Crippen LogP contribution in [0.1, 0.15) is 60.3 Å². The summed E-state index contributed by atoms with van der Waals surface area (Å²) >= 11 is 0. The molecule has 0 aromatic heterocycles. The van der Waals surface area contributed by atoms with E-state index in [2.05, 4.69) is 11.7 Å². The van der Waals surface area contributed by atoms with Crippen LogP contribution in [0.15, 0.2) is 0 Å². The third-order valence-electron chi connectivity index (χ3n) is 2.17. The molecule has 0 bridgehead atoms. The molecule has 4 heteroatoms. The zero-order chi connectivity index (χ0) is 14.4.